The molecule has 0 aliphatic heterocycles. The van der Waals surface area contributed by atoms with E-state index in [1.54, 1.807) is 4.72 Å². The number of hydrogen-bond acceptors (Lipinski definition) is 5. The number of hydrogen-bond donors (Lipinski definition) is 3. The highest BCUT2D eigenvalue weighted by Gasteiger charge is 2.29. The molecule has 0 aromatic rings. The molecule has 1 atom stereocenters. The van der Waals surface area contributed by atoms with E-state index in [2.05, 4.69) is 9.46 Å². The molecule has 1 amide bonds. The van der Waals surface area contributed by atoms with Gasteiger partial charge in [0.05, 0.1) is 7.11 Å². The van der Waals surface area contributed by atoms with Crippen molar-refractivity contribution in [2.75, 3.05) is 13.7 Å². The highest BCUT2D eigenvalue weighted by Crippen LogP contribution is 2.21. The third-order valence-corrected chi connectivity index (χ3v) is 3.23. The zero-order valence-electron chi connectivity index (χ0n) is 10.6. The summed E-state index contributed by atoms with van der Waals surface area (Å²) in [7, 11) is -2.84. The van der Waals surface area contributed by atoms with Crippen molar-refractivity contribution in [1.82, 2.24) is 9.44 Å². The number of ether oxygens (including phenoxy) is 1. The summed E-state index contributed by atoms with van der Waals surface area (Å²) in [5.74, 6) is 0. The molecule has 0 heterocycles. The van der Waals surface area contributed by atoms with Crippen LogP contribution in [0, 0.1) is 5.41 Å². The third kappa shape index (κ3) is 6.44. The van der Waals surface area contributed by atoms with E-state index in [9.17, 15) is 13.2 Å². The summed E-state index contributed by atoms with van der Waals surface area (Å²) in [4.78, 5) is 10.8. The molecule has 0 saturated carbocycles. The Kier molecular flexibility index (Phi) is 5.86. The maximum Gasteiger partial charge on any atom is 0.421 e. The molecule has 1 unspecified atom stereocenters. The van der Waals surface area contributed by atoms with E-state index in [-0.39, 0.29) is 11.5 Å². The fourth-order valence-electron chi connectivity index (χ4n) is 1.20. The zero-order chi connectivity index (χ0) is 13.7. The predicted octanol–water partition coefficient (Wildman–Crippen LogP) is -0.0597. The number of methoxy groups -OCH3 is 1. The second kappa shape index (κ2) is 6.18. The van der Waals surface area contributed by atoms with Gasteiger partial charge in [-0.3, -0.25) is 0 Å². The quantitative estimate of drug-likeness (QED) is 0.646. The van der Waals surface area contributed by atoms with Crippen molar-refractivity contribution in [3.8, 4) is 0 Å². The van der Waals surface area contributed by atoms with Crippen LogP contribution in [-0.2, 0) is 14.9 Å². The van der Waals surface area contributed by atoms with Crippen molar-refractivity contribution in [2.45, 2.75) is 33.2 Å². The molecule has 4 N–H and O–H groups in total. The second-order valence-corrected chi connectivity index (χ2v) is 6.16. The summed E-state index contributed by atoms with van der Waals surface area (Å²) in [6.45, 7) is 6.00. The summed E-state index contributed by atoms with van der Waals surface area (Å²) < 4.78 is 31.5. The molecule has 0 aliphatic rings. The first kappa shape index (κ1) is 16.1. The van der Waals surface area contributed by atoms with Crippen molar-refractivity contribution in [2.24, 2.45) is 11.1 Å². The number of rotatable bonds is 5. The van der Waals surface area contributed by atoms with Gasteiger partial charge in [-0.1, -0.05) is 20.8 Å². The molecule has 7 nitrogen and oxygen atoms in total. The Morgan fingerprint density at radius 3 is 2.29 bits per heavy atom. The SMILES string of the molecule is COC(=O)NS(=O)(=O)NC(CCN)C(C)(C)C. The topological polar surface area (TPSA) is 111 Å². The van der Waals surface area contributed by atoms with E-state index in [1.807, 2.05) is 20.8 Å². The first-order valence-corrected chi connectivity index (χ1v) is 6.69. The van der Waals surface area contributed by atoms with Crippen LogP contribution in [0.5, 0.6) is 0 Å². The van der Waals surface area contributed by atoms with E-state index < -0.39 is 16.3 Å². The predicted molar refractivity (Wildman–Crippen MR) is 64.5 cm³/mol. The molecule has 0 spiro atoms. The van der Waals surface area contributed by atoms with E-state index >= 15 is 0 Å². The lowest BCUT2D eigenvalue weighted by atomic mass is 9.85. The van der Waals surface area contributed by atoms with Crippen molar-refractivity contribution in [3.63, 3.8) is 0 Å². The van der Waals surface area contributed by atoms with E-state index in [1.165, 1.54) is 0 Å². The Hall–Kier alpha value is -0.860. The zero-order valence-corrected chi connectivity index (χ0v) is 11.4. The van der Waals surface area contributed by atoms with Gasteiger partial charge in [0.25, 0.3) is 0 Å². The highest BCUT2D eigenvalue weighted by molar-refractivity contribution is 7.88. The van der Waals surface area contributed by atoms with Gasteiger partial charge in [-0.25, -0.2) is 9.52 Å². The standard InChI is InChI=1S/C9H21N3O4S/c1-9(2,3)7(5-6-10)11-17(14,15)12-8(13)16-4/h7,11H,5-6,10H2,1-4H3,(H,12,13). The maximum atomic E-state index is 11.6. The average Bonchev–Trinajstić information content (AvgIpc) is 2.14. The van der Waals surface area contributed by atoms with Crippen LogP contribution in [0.3, 0.4) is 0 Å². The Balaban J connectivity index is 4.70. The molecule has 17 heavy (non-hydrogen) atoms. The van der Waals surface area contributed by atoms with Crippen LogP contribution in [0.2, 0.25) is 0 Å². The molecule has 0 aromatic heterocycles. The van der Waals surface area contributed by atoms with Crippen LogP contribution < -0.4 is 15.2 Å². The third-order valence-electron chi connectivity index (χ3n) is 2.20. The Bertz CT molecular complexity index is 348. The number of nitrogens with one attached hydrogen (secondary N) is 2. The van der Waals surface area contributed by atoms with Gasteiger partial charge in [-0.15, -0.1) is 0 Å². The Morgan fingerprint density at radius 1 is 1.41 bits per heavy atom. The number of nitrogens with two attached hydrogens (primary N) is 1. The molecule has 0 aliphatic carbocycles. The smallest absolute Gasteiger partial charge is 0.421 e. The largest absolute Gasteiger partial charge is 0.452 e. The molecule has 0 bridgehead atoms. The molecule has 0 aromatic carbocycles. The van der Waals surface area contributed by atoms with Gasteiger partial charge in [0.1, 0.15) is 0 Å². The van der Waals surface area contributed by atoms with Gasteiger partial charge in [0.2, 0.25) is 0 Å². The van der Waals surface area contributed by atoms with Gasteiger partial charge in [0, 0.05) is 6.04 Å². The lowest BCUT2D eigenvalue weighted by Crippen LogP contribution is -2.50. The van der Waals surface area contributed by atoms with Crippen molar-refractivity contribution in [1.29, 1.82) is 0 Å². The number of carbonyl (C=O) groups excluding carboxylic acids is 1. The van der Waals surface area contributed by atoms with Crippen LogP contribution in [0.15, 0.2) is 0 Å². The van der Waals surface area contributed by atoms with Gasteiger partial charge in [0.15, 0.2) is 0 Å². The van der Waals surface area contributed by atoms with Gasteiger partial charge in [-0.2, -0.15) is 13.1 Å². The average molecular weight is 267 g/mol. The molecule has 0 fully saturated rings. The molecule has 0 rings (SSSR count). The first-order valence-electron chi connectivity index (χ1n) is 5.20. The second-order valence-electron chi connectivity index (χ2n) is 4.71. The lowest BCUT2D eigenvalue weighted by Gasteiger charge is -2.30. The minimum absolute atomic E-state index is 0.301. The normalized spacial score (nSPS) is 14.2. The van der Waals surface area contributed by atoms with Crippen LogP contribution in [0.25, 0.3) is 0 Å². The summed E-state index contributed by atoms with van der Waals surface area (Å²) >= 11 is 0. The summed E-state index contributed by atoms with van der Waals surface area (Å²) in [6.07, 6.45) is -0.552. The highest BCUT2D eigenvalue weighted by atomic mass is 32.2. The number of amides is 1. The summed E-state index contributed by atoms with van der Waals surface area (Å²) in [5.41, 5.74) is 5.12. The maximum absolute atomic E-state index is 11.6. The first-order chi connectivity index (χ1) is 7.62. The Labute approximate surface area is 102 Å². The van der Waals surface area contributed by atoms with Crippen LogP contribution in [-0.4, -0.2) is 34.2 Å². The minimum Gasteiger partial charge on any atom is -0.452 e. The van der Waals surface area contributed by atoms with Crippen LogP contribution in [0.4, 0.5) is 4.79 Å². The van der Waals surface area contributed by atoms with Crippen molar-refractivity contribution >= 4 is 16.3 Å². The van der Waals surface area contributed by atoms with Gasteiger partial charge in [-0.05, 0) is 18.4 Å². The molecule has 0 radical (unpaired) electrons. The van der Waals surface area contributed by atoms with Crippen molar-refractivity contribution in [3.05, 3.63) is 0 Å². The van der Waals surface area contributed by atoms with Crippen LogP contribution in [0.1, 0.15) is 27.2 Å². The Morgan fingerprint density at radius 2 is 1.94 bits per heavy atom. The van der Waals surface area contributed by atoms with Crippen molar-refractivity contribution < 1.29 is 17.9 Å². The number of carbonyl (C=O) groups is 1. The molecular formula is C9H21N3O4S. The van der Waals surface area contributed by atoms with Gasteiger partial charge >= 0.3 is 16.3 Å². The fourth-order valence-corrected chi connectivity index (χ4v) is 2.41. The lowest BCUT2D eigenvalue weighted by molar-refractivity contribution is 0.177. The van der Waals surface area contributed by atoms with Gasteiger partial charge < -0.3 is 10.5 Å². The van der Waals surface area contributed by atoms with E-state index in [0.717, 1.165) is 7.11 Å². The molecule has 102 valence electrons. The van der Waals surface area contributed by atoms with Crippen LogP contribution >= 0.6 is 0 Å². The van der Waals surface area contributed by atoms with E-state index in [4.69, 9.17) is 5.73 Å². The monoisotopic (exact) mass is 267 g/mol. The molecule has 0 saturated heterocycles. The minimum atomic E-state index is -3.93. The van der Waals surface area contributed by atoms with E-state index in [0.29, 0.717) is 13.0 Å². The summed E-state index contributed by atoms with van der Waals surface area (Å²) in [5, 5.41) is 0. The fraction of sp³-hybridized carbons (Fsp3) is 0.889. The summed E-state index contributed by atoms with van der Waals surface area (Å²) in [6, 6.07) is -0.366. The molecular weight excluding hydrogens is 246 g/mol. The molecule has 8 heteroatoms.